The second-order valence-electron chi connectivity index (χ2n) is 7.17. The highest BCUT2D eigenvalue weighted by Gasteiger charge is 2.24. The van der Waals surface area contributed by atoms with Crippen molar-refractivity contribution in [3.63, 3.8) is 0 Å². The lowest BCUT2D eigenvalue weighted by molar-refractivity contribution is 0.0930. The Morgan fingerprint density at radius 2 is 1.96 bits per heavy atom. The van der Waals surface area contributed by atoms with Crippen molar-refractivity contribution in [3.05, 3.63) is 47.4 Å². The molecule has 0 spiro atoms. The molecule has 1 aliphatic rings. The van der Waals surface area contributed by atoms with Crippen LogP contribution in [0.3, 0.4) is 0 Å². The van der Waals surface area contributed by atoms with E-state index in [0.717, 1.165) is 48.7 Å². The molecule has 0 aromatic carbocycles. The van der Waals surface area contributed by atoms with Gasteiger partial charge in [0.05, 0.1) is 5.56 Å². The maximum absolute atomic E-state index is 12.7. The summed E-state index contributed by atoms with van der Waals surface area (Å²) in [5.41, 5.74) is 3.00. The molecule has 1 N–H and O–H groups in total. The Balaban J connectivity index is 1.61. The van der Waals surface area contributed by atoms with Crippen molar-refractivity contribution in [2.75, 3.05) is 18.0 Å². The summed E-state index contributed by atoms with van der Waals surface area (Å²) < 4.78 is 2.22. The molecule has 5 heteroatoms. The van der Waals surface area contributed by atoms with Gasteiger partial charge in [-0.25, -0.2) is 4.98 Å². The first-order chi connectivity index (χ1) is 12.0. The van der Waals surface area contributed by atoms with Gasteiger partial charge in [-0.05, 0) is 58.7 Å². The van der Waals surface area contributed by atoms with Gasteiger partial charge >= 0.3 is 0 Å². The van der Waals surface area contributed by atoms with Gasteiger partial charge in [0.15, 0.2) is 0 Å². The van der Waals surface area contributed by atoms with Crippen LogP contribution in [0.25, 0.3) is 0 Å². The van der Waals surface area contributed by atoms with Gasteiger partial charge in [0, 0.05) is 42.8 Å². The van der Waals surface area contributed by atoms with Gasteiger partial charge in [-0.15, -0.1) is 0 Å². The molecule has 0 bridgehead atoms. The topological polar surface area (TPSA) is 50.2 Å². The third-order valence-corrected chi connectivity index (χ3v) is 5.05. The van der Waals surface area contributed by atoms with E-state index >= 15 is 0 Å². The fraction of sp³-hybridized carbons (Fsp3) is 0.500. The second kappa shape index (κ2) is 7.30. The van der Waals surface area contributed by atoms with Crippen LogP contribution in [0.15, 0.2) is 30.5 Å². The molecule has 1 amide bonds. The molecule has 2 aromatic heterocycles. The number of carbonyl (C=O) groups is 1. The van der Waals surface area contributed by atoms with Crippen molar-refractivity contribution >= 4 is 11.7 Å². The number of hydrogen-bond donors (Lipinski definition) is 1. The number of aromatic nitrogens is 2. The number of rotatable bonds is 4. The van der Waals surface area contributed by atoms with E-state index < -0.39 is 0 Å². The zero-order valence-electron chi connectivity index (χ0n) is 15.6. The number of amides is 1. The Morgan fingerprint density at radius 1 is 1.24 bits per heavy atom. The van der Waals surface area contributed by atoms with Crippen molar-refractivity contribution < 1.29 is 4.79 Å². The van der Waals surface area contributed by atoms with E-state index in [9.17, 15) is 4.79 Å². The summed E-state index contributed by atoms with van der Waals surface area (Å²) in [5.74, 6) is 1.07. The van der Waals surface area contributed by atoms with E-state index in [1.54, 1.807) is 0 Å². The zero-order chi connectivity index (χ0) is 18.0. The number of piperidine rings is 1. The summed E-state index contributed by atoms with van der Waals surface area (Å²) in [4.78, 5) is 19.4. The summed E-state index contributed by atoms with van der Waals surface area (Å²) in [6.07, 6.45) is 3.73. The fourth-order valence-corrected chi connectivity index (χ4v) is 3.86. The molecule has 0 aliphatic carbocycles. The highest BCUT2D eigenvalue weighted by molar-refractivity contribution is 5.96. The summed E-state index contributed by atoms with van der Waals surface area (Å²) in [6, 6.07) is 8.59. The van der Waals surface area contributed by atoms with Crippen LogP contribution in [0.1, 0.15) is 54.5 Å². The zero-order valence-corrected chi connectivity index (χ0v) is 15.6. The molecule has 0 saturated carbocycles. The van der Waals surface area contributed by atoms with E-state index in [-0.39, 0.29) is 11.9 Å². The van der Waals surface area contributed by atoms with Crippen LogP contribution in [0, 0.1) is 13.8 Å². The SMILES string of the molecule is Cc1cc(C(=O)NC2CCN(c3ccccn3)CC2)c(C)n1C(C)C. The summed E-state index contributed by atoms with van der Waals surface area (Å²) in [6.45, 7) is 10.2. The van der Waals surface area contributed by atoms with Crippen LogP contribution < -0.4 is 10.2 Å². The summed E-state index contributed by atoms with van der Waals surface area (Å²) in [5, 5.41) is 3.23. The molecule has 0 radical (unpaired) electrons. The van der Waals surface area contributed by atoms with Crippen LogP contribution in [0.4, 0.5) is 5.82 Å². The first-order valence-corrected chi connectivity index (χ1v) is 9.12. The minimum atomic E-state index is 0.0521. The standard InChI is InChI=1S/C20H28N4O/c1-14(2)24-15(3)13-18(16(24)4)20(25)22-17-8-11-23(12-9-17)19-7-5-6-10-21-19/h5-7,10,13-14,17H,8-9,11-12H2,1-4H3,(H,22,25). The quantitative estimate of drug-likeness (QED) is 0.927. The third-order valence-electron chi connectivity index (χ3n) is 5.05. The number of aryl methyl sites for hydroxylation is 1. The molecule has 2 aromatic rings. The smallest absolute Gasteiger partial charge is 0.253 e. The molecule has 1 saturated heterocycles. The van der Waals surface area contributed by atoms with Gasteiger partial charge in [0.25, 0.3) is 5.91 Å². The van der Waals surface area contributed by atoms with E-state index in [1.807, 2.05) is 37.4 Å². The van der Waals surface area contributed by atoms with E-state index in [2.05, 4.69) is 40.5 Å². The molecule has 25 heavy (non-hydrogen) atoms. The van der Waals surface area contributed by atoms with Gasteiger partial charge in [-0.3, -0.25) is 4.79 Å². The summed E-state index contributed by atoms with van der Waals surface area (Å²) in [7, 11) is 0. The van der Waals surface area contributed by atoms with Gasteiger partial charge in [-0.2, -0.15) is 0 Å². The van der Waals surface area contributed by atoms with Gasteiger partial charge in [0.2, 0.25) is 0 Å². The number of hydrogen-bond acceptors (Lipinski definition) is 3. The van der Waals surface area contributed by atoms with E-state index in [4.69, 9.17) is 0 Å². The average molecular weight is 340 g/mol. The molecular formula is C20H28N4O. The molecular weight excluding hydrogens is 312 g/mol. The third kappa shape index (κ3) is 3.70. The Morgan fingerprint density at radius 3 is 2.52 bits per heavy atom. The molecule has 1 aliphatic heterocycles. The molecule has 5 nitrogen and oxygen atoms in total. The Labute approximate surface area is 150 Å². The molecule has 3 rings (SSSR count). The van der Waals surface area contributed by atoms with Gasteiger partial charge in [-0.1, -0.05) is 6.07 Å². The van der Waals surface area contributed by atoms with Crippen molar-refractivity contribution in [3.8, 4) is 0 Å². The Bertz CT molecular complexity index is 728. The summed E-state index contributed by atoms with van der Waals surface area (Å²) >= 11 is 0. The van der Waals surface area contributed by atoms with Crippen LogP contribution >= 0.6 is 0 Å². The maximum atomic E-state index is 12.7. The van der Waals surface area contributed by atoms with Crippen molar-refractivity contribution in [1.29, 1.82) is 0 Å². The van der Waals surface area contributed by atoms with Gasteiger partial charge < -0.3 is 14.8 Å². The molecule has 0 unspecified atom stereocenters. The molecule has 0 atom stereocenters. The van der Waals surface area contributed by atoms with Crippen LogP contribution in [0.2, 0.25) is 0 Å². The lowest BCUT2D eigenvalue weighted by Crippen LogP contribution is -2.45. The van der Waals surface area contributed by atoms with Crippen molar-refractivity contribution in [2.45, 2.75) is 52.6 Å². The van der Waals surface area contributed by atoms with Crippen molar-refractivity contribution in [1.82, 2.24) is 14.9 Å². The molecule has 3 heterocycles. The van der Waals surface area contributed by atoms with Crippen molar-refractivity contribution in [2.24, 2.45) is 0 Å². The monoisotopic (exact) mass is 340 g/mol. The van der Waals surface area contributed by atoms with Crippen LogP contribution in [0.5, 0.6) is 0 Å². The minimum Gasteiger partial charge on any atom is -0.356 e. The maximum Gasteiger partial charge on any atom is 0.253 e. The predicted molar refractivity (Wildman–Crippen MR) is 101 cm³/mol. The first kappa shape index (κ1) is 17.5. The number of nitrogens with zero attached hydrogens (tertiary/aromatic N) is 3. The Hall–Kier alpha value is -2.30. The van der Waals surface area contributed by atoms with Crippen LogP contribution in [-0.4, -0.2) is 34.6 Å². The number of carbonyl (C=O) groups excluding carboxylic acids is 1. The predicted octanol–water partition coefficient (Wildman–Crippen LogP) is 3.48. The van der Waals surface area contributed by atoms with E-state index in [0.29, 0.717) is 6.04 Å². The lowest BCUT2D eigenvalue weighted by Gasteiger charge is -2.33. The lowest BCUT2D eigenvalue weighted by atomic mass is 10.0. The number of pyridine rings is 1. The first-order valence-electron chi connectivity index (χ1n) is 9.12. The fourth-order valence-electron chi connectivity index (χ4n) is 3.86. The Kier molecular flexibility index (Phi) is 5.11. The normalized spacial score (nSPS) is 15.6. The second-order valence-corrected chi connectivity index (χ2v) is 7.17. The van der Waals surface area contributed by atoms with Gasteiger partial charge in [0.1, 0.15) is 5.82 Å². The molecule has 134 valence electrons. The van der Waals surface area contributed by atoms with E-state index in [1.165, 1.54) is 0 Å². The number of anilines is 1. The largest absolute Gasteiger partial charge is 0.356 e. The highest BCUT2D eigenvalue weighted by atomic mass is 16.1. The highest BCUT2D eigenvalue weighted by Crippen LogP contribution is 2.21. The number of nitrogens with one attached hydrogen (secondary N) is 1. The molecule has 1 fully saturated rings. The minimum absolute atomic E-state index is 0.0521. The van der Waals surface area contributed by atoms with Crippen LogP contribution in [-0.2, 0) is 0 Å². The average Bonchev–Trinajstić information content (AvgIpc) is 2.91.